The summed E-state index contributed by atoms with van der Waals surface area (Å²) in [4.78, 5) is 11.3. The van der Waals surface area contributed by atoms with Crippen molar-refractivity contribution in [1.29, 1.82) is 0 Å². The van der Waals surface area contributed by atoms with Crippen molar-refractivity contribution in [3.63, 3.8) is 0 Å². The molecule has 3 nitrogen and oxygen atoms in total. The summed E-state index contributed by atoms with van der Waals surface area (Å²) in [5.41, 5.74) is 1.83. The average molecular weight is 177 g/mol. The molecule has 68 valence electrons. The topological polar surface area (TPSA) is 49.3 Å². The lowest BCUT2D eigenvalue weighted by Gasteiger charge is -2.21. The van der Waals surface area contributed by atoms with Crippen LogP contribution in [0.5, 0.6) is 5.75 Å². The maximum Gasteiger partial charge on any atom is 0.227 e. The van der Waals surface area contributed by atoms with Crippen LogP contribution < -0.4 is 5.32 Å². The third-order valence-electron chi connectivity index (χ3n) is 2.33. The Morgan fingerprint density at radius 1 is 1.54 bits per heavy atom. The molecule has 0 bridgehead atoms. The molecule has 0 saturated carbocycles. The maximum absolute atomic E-state index is 11.3. The maximum atomic E-state index is 11.3. The van der Waals surface area contributed by atoms with E-state index >= 15 is 0 Å². The Morgan fingerprint density at radius 3 is 3.08 bits per heavy atom. The molecule has 1 unspecified atom stereocenters. The van der Waals surface area contributed by atoms with Gasteiger partial charge in [-0.25, -0.2) is 0 Å². The van der Waals surface area contributed by atoms with E-state index in [0.29, 0.717) is 0 Å². The van der Waals surface area contributed by atoms with Gasteiger partial charge in [-0.05, 0) is 18.1 Å². The molecule has 1 aromatic rings. The summed E-state index contributed by atoms with van der Waals surface area (Å²) in [5, 5.41) is 11.9. The third-order valence-corrected chi connectivity index (χ3v) is 2.33. The van der Waals surface area contributed by atoms with E-state index in [2.05, 4.69) is 5.32 Å². The molecule has 0 aromatic heterocycles. The van der Waals surface area contributed by atoms with Gasteiger partial charge in [0.05, 0.1) is 0 Å². The van der Waals surface area contributed by atoms with E-state index in [9.17, 15) is 9.90 Å². The van der Waals surface area contributed by atoms with E-state index in [1.165, 1.54) is 0 Å². The van der Waals surface area contributed by atoms with Gasteiger partial charge in [0.1, 0.15) is 5.75 Å². The first-order chi connectivity index (χ1) is 6.16. The van der Waals surface area contributed by atoms with Crippen LogP contribution in [-0.4, -0.2) is 11.0 Å². The summed E-state index contributed by atoms with van der Waals surface area (Å²) in [6.45, 7) is 1.89. The number of nitrogens with one attached hydrogen (secondary N) is 1. The van der Waals surface area contributed by atoms with E-state index in [1.807, 2.05) is 13.0 Å². The number of benzene rings is 1. The van der Waals surface area contributed by atoms with Gasteiger partial charge < -0.3 is 10.4 Å². The first-order valence-corrected chi connectivity index (χ1v) is 4.29. The van der Waals surface area contributed by atoms with Gasteiger partial charge in [0.25, 0.3) is 0 Å². The fraction of sp³-hybridized carbons (Fsp3) is 0.300. The molecule has 1 amide bonds. The van der Waals surface area contributed by atoms with E-state index in [0.717, 1.165) is 17.7 Å². The molecule has 2 N–H and O–H groups in total. The van der Waals surface area contributed by atoms with Gasteiger partial charge in [-0.2, -0.15) is 0 Å². The van der Waals surface area contributed by atoms with Gasteiger partial charge in [0.2, 0.25) is 5.91 Å². The second kappa shape index (κ2) is 2.76. The lowest BCUT2D eigenvalue weighted by molar-refractivity contribution is -0.119. The number of amides is 1. The van der Waals surface area contributed by atoms with Crippen molar-refractivity contribution in [2.75, 3.05) is 5.32 Å². The fourth-order valence-electron chi connectivity index (χ4n) is 1.54. The average Bonchev–Trinajstić information content (AvgIpc) is 2.08. The Balaban J connectivity index is 2.42. The summed E-state index contributed by atoms with van der Waals surface area (Å²) < 4.78 is 0. The van der Waals surface area contributed by atoms with Gasteiger partial charge in [-0.3, -0.25) is 4.79 Å². The summed E-state index contributed by atoms with van der Waals surface area (Å²) in [5.74, 6) is 0.240. The number of aromatic hydroxyl groups is 1. The van der Waals surface area contributed by atoms with Crippen molar-refractivity contribution >= 4 is 11.6 Å². The van der Waals surface area contributed by atoms with E-state index in [-0.39, 0.29) is 17.6 Å². The van der Waals surface area contributed by atoms with Gasteiger partial charge in [0, 0.05) is 17.7 Å². The molecule has 1 aliphatic heterocycles. The number of anilines is 1. The normalized spacial score (nSPS) is 20.7. The van der Waals surface area contributed by atoms with Crippen LogP contribution in [0, 0.1) is 5.92 Å². The highest BCUT2D eigenvalue weighted by molar-refractivity contribution is 5.95. The minimum Gasteiger partial charge on any atom is -0.508 e. The molecule has 1 aliphatic rings. The van der Waals surface area contributed by atoms with Crippen LogP contribution in [0.25, 0.3) is 0 Å². The predicted octanol–water partition coefficient (Wildman–Crippen LogP) is 1.52. The number of carbonyl (C=O) groups is 1. The Kier molecular flexibility index (Phi) is 1.72. The zero-order valence-electron chi connectivity index (χ0n) is 7.37. The van der Waals surface area contributed by atoms with Crippen LogP contribution in [-0.2, 0) is 11.2 Å². The Hall–Kier alpha value is -1.51. The fourth-order valence-corrected chi connectivity index (χ4v) is 1.54. The van der Waals surface area contributed by atoms with Crippen LogP contribution in [0.2, 0.25) is 0 Å². The van der Waals surface area contributed by atoms with Crippen molar-refractivity contribution in [2.45, 2.75) is 13.3 Å². The first kappa shape index (κ1) is 8.10. The van der Waals surface area contributed by atoms with E-state index in [1.54, 1.807) is 12.1 Å². The lowest BCUT2D eigenvalue weighted by Crippen LogP contribution is -2.27. The molecular weight excluding hydrogens is 166 g/mol. The molecule has 0 saturated heterocycles. The van der Waals surface area contributed by atoms with Gasteiger partial charge in [-0.15, -0.1) is 0 Å². The molecular formula is C10H11NO2. The molecule has 2 rings (SSSR count). The second-order valence-corrected chi connectivity index (χ2v) is 3.44. The molecule has 1 heterocycles. The Labute approximate surface area is 76.4 Å². The summed E-state index contributed by atoms with van der Waals surface area (Å²) in [6.07, 6.45) is 0.751. The van der Waals surface area contributed by atoms with E-state index in [4.69, 9.17) is 0 Å². The summed E-state index contributed by atoms with van der Waals surface area (Å²) >= 11 is 0. The van der Waals surface area contributed by atoms with Gasteiger partial charge in [-0.1, -0.05) is 13.0 Å². The highest BCUT2D eigenvalue weighted by Gasteiger charge is 2.21. The monoisotopic (exact) mass is 177 g/mol. The molecule has 0 fully saturated rings. The standard InChI is InChI=1S/C10H11NO2/c1-6-4-7-2-3-8(12)5-9(7)11-10(6)13/h2-3,5-6,12H,4H2,1H3,(H,11,13). The number of phenols is 1. The number of phenolic OH excluding ortho intramolecular Hbond substituents is 1. The summed E-state index contributed by atoms with van der Waals surface area (Å²) in [7, 11) is 0. The van der Waals surface area contributed by atoms with Crippen molar-refractivity contribution in [3.05, 3.63) is 23.8 Å². The number of carbonyl (C=O) groups excluding carboxylic acids is 1. The quantitative estimate of drug-likeness (QED) is 0.631. The Bertz CT molecular complexity index is 360. The minimum absolute atomic E-state index is 0.0250. The Morgan fingerprint density at radius 2 is 2.31 bits per heavy atom. The number of hydrogen-bond donors (Lipinski definition) is 2. The molecule has 13 heavy (non-hydrogen) atoms. The third kappa shape index (κ3) is 1.37. The molecule has 0 aliphatic carbocycles. The number of fused-ring (bicyclic) bond motifs is 1. The minimum atomic E-state index is 0.0250. The lowest BCUT2D eigenvalue weighted by atomic mass is 9.95. The highest BCUT2D eigenvalue weighted by Crippen LogP contribution is 2.28. The van der Waals surface area contributed by atoms with E-state index < -0.39 is 0 Å². The molecule has 3 heteroatoms. The van der Waals surface area contributed by atoms with Crippen molar-refractivity contribution in [1.82, 2.24) is 0 Å². The first-order valence-electron chi connectivity index (χ1n) is 4.29. The van der Waals surface area contributed by atoms with Crippen molar-refractivity contribution in [3.8, 4) is 5.75 Å². The SMILES string of the molecule is CC1Cc2ccc(O)cc2NC1=O. The zero-order valence-corrected chi connectivity index (χ0v) is 7.37. The van der Waals surface area contributed by atoms with Gasteiger partial charge >= 0.3 is 0 Å². The van der Waals surface area contributed by atoms with Crippen LogP contribution in [0.4, 0.5) is 5.69 Å². The van der Waals surface area contributed by atoms with Crippen molar-refractivity contribution in [2.24, 2.45) is 5.92 Å². The summed E-state index contributed by atoms with van der Waals surface area (Å²) in [6, 6.07) is 5.07. The van der Waals surface area contributed by atoms with Crippen LogP contribution in [0.15, 0.2) is 18.2 Å². The molecule has 0 radical (unpaired) electrons. The van der Waals surface area contributed by atoms with Crippen LogP contribution in [0.3, 0.4) is 0 Å². The second-order valence-electron chi connectivity index (χ2n) is 3.44. The van der Waals surface area contributed by atoms with Crippen molar-refractivity contribution < 1.29 is 9.90 Å². The van der Waals surface area contributed by atoms with Crippen LogP contribution in [0.1, 0.15) is 12.5 Å². The molecule has 0 spiro atoms. The number of hydrogen-bond acceptors (Lipinski definition) is 2. The highest BCUT2D eigenvalue weighted by atomic mass is 16.3. The molecule has 1 aromatic carbocycles. The van der Waals surface area contributed by atoms with Crippen LogP contribution >= 0.6 is 0 Å². The van der Waals surface area contributed by atoms with Gasteiger partial charge in [0.15, 0.2) is 0 Å². The smallest absolute Gasteiger partial charge is 0.227 e. The predicted molar refractivity (Wildman–Crippen MR) is 49.6 cm³/mol. The largest absolute Gasteiger partial charge is 0.508 e. The molecule has 1 atom stereocenters. The zero-order chi connectivity index (χ0) is 9.42. The number of rotatable bonds is 0.